The monoisotopic (exact) mass is 555 g/mol. The maximum absolute atomic E-state index is 12.8. The van der Waals surface area contributed by atoms with E-state index in [1.807, 2.05) is 48.5 Å². The molecule has 214 valence electrons. The molecule has 4 aliphatic heterocycles. The van der Waals surface area contributed by atoms with Crippen LogP contribution in [0.15, 0.2) is 66.7 Å². The molecule has 9 heteroatoms. The Morgan fingerprint density at radius 2 is 0.902 bits per heavy atom. The van der Waals surface area contributed by atoms with Crippen LogP contribution in [0, 0.1) is 0 Å². The molecule has 0 saturated heterocycles. The molecule has 3 aromatic rings. The minimum Gasteiger partial charge on any atom is -0.399 e. The summed E-state index contributed by atoms with van der Waals surface area (Å²) in [6.07, 6.45) is 6.56. The molecule has 0 atom stereocenters. The van der Waals surface area contributed by atoms with E-state index in [0.29, 0.717) is 29.9 Å². The standard InChI is InChI=1S/C32H37N5O4/c33-26-18-24-17-25(19-26)32(41)35-21-23-11-15-28(16-12-23)37-30(39)8-6-4-2-1-3-5-7-29(38)36-27-13-9-22(10-14-27)20-34-31(24)40/h9-19H,1-8,20-21,33H2,(H,34,40)(H,35,41)(H,36,38)(H,37,39). The van der Waals surface area contributed by atoms with Crippen molar-refractivity contribution in [2.75, 3.05) is 16.4 Å². The van der Waals surface area contributed by atoms with E-state index in [1.54, 1.807) is 0 Å². The van der Waals surface area contributed by atoms with Crippen molar-refractivity contribution in [2.45, 2.75) is 64.5 Å². The summed E-state index contributed by atoms with van der Waals surface area (Å²) in [6, 6.07) is 19.2. The number of nitrogens with one attached hydrogen (secondary N) is 4. The van der Waals surface area contributed by atoms with E-state index in [9.17, 15) is 19.2 Å². The third kappa shape index (κ3) is 9.49. The normalized spacial score (nSPS) is 16.4. The maximum Gasteiger partial charge on any atom is 0.251 e. The second kappa shape index (κ2) is 14.6. The van der Waals surface area contributed by atoms with Crippen molar-refractivity contribution in [1.29, 1.82) is 0 Å². The third-order valence-corrected chi connectivity index (χ3v) is 6.92. The van der Waals surface area contributed by atoms with E-state index in [4.69, 9.17) is 5.73 Å². The van der Waals surface area contributed by atoms with E-state index in [2.05, 4.69) is 21.3 Å². The lowest BCUT2D eigenvalue weighted by Gasteiger charge is -2.11. The molecule has 7 rings (SSSR count). The Balaban J connectivity index is 1.43. The lowest BCUT2D eigenvalue weighted by Crippen LogP contribution is -2.25. The summed E-state index contributed by atoms with van der Waals surface area (Å²) in [4.78, 5) is 50.3. The number of amides is 4. The van der Waals surface area contributed by atoms with Gasteiger partial charge in [0.2, 0.25) is 11.8 Å². The number of carbonyl (C=O) groups excluding carboxylic acids is 4. The molecule has 4 aliphatic rings. The van der Waals surface area contributed by atoms with Gasteiger partial charge in [-0.25, -0.2) is 0 Å². The highest BCUT2D eigenvalue weighted by molar-refractivity contribution is 6.01. The van der Waals surface area contributed by atoms with Crippen LogP contribution in [0.4, 0.5) is 17.1 Å². The Kier molecular flexibility index (Phi) is 10.5. The quantitative estimate of drug-likeness (QED) is 0.244. The minimum absolute atomic E-state index is 0.0266. The van der Waals surface area contributed by atoms with Gasteiger partial charge in [-0.3, -0.25) is 19.2 Å². The number of carbonyl (C=O) groups is 4. The Hall–Kier alpha value is -4.66. The summed E-state index contributed by atoms with van der Waals surface area (Å²) in [5, 5.41) is 11.5. The van der Waals surface area contributed by atoms with Crippen molar-refractivity contribution in [3.63, 3.8) is 0 Å². The van der Waals surface area contributed by atoms with Crippen molar-refractivity contribution < 1.29 is 19.2 Å². The van der Waals surface area contributed by atoms with Crippen molar-refractivity contribution in [3.8, 4) is 0 Å². The molecule has 0 unspecified atom stereocenters. The Morgan fingerprint density at radius 1 is 0.512 bits per heavy atom. The zero-order valence-corrected chi connectivity index (χ0v) is 23.1. The zero-order chi connectivity index (χ0) is 29.0. The first-order valence-electron chi connectivity index (χ1n) is 14.1. The van der Waals surface area contributed by atoms with Gasteiger partial charge < -0.3 is 27.0 Å². The van der Waals surface area contributed by atoms with E-state index in [1.165, 1.54) is 18.2 Å². The summed E-state index contributed by atoms with van der Waals surface area (Å²) < 4.78 is 0. The minimum atomic E-state index is -0.356. The molecule has 0 spiro atoms. The topological polar surface area (TPSA) is 142 Å². The summed E-state index contributed by atoms with van der Waals surface area (Å²) in [7, 11) is 0. The van der Waals surface area contributed by atoms with Crippen LogP contribution in [0.5, 0.6) is 0 Å². The van der Waals surface area contributed by atoms with Crippen LogP contribution in [0.25, 0.3) is 0 Å². The van der Waals surface area contributed by atoms with Crippen LogP contribution >= 0.6 is 0 Å². The van der Waals surface area contributed by atoms with Gasteiger partial charge in [0.25, 0.3) is 11.8 Å². The lowest BCUT2D eigenvalue weighted by molar-refractivity contribution is -0.117. The van der Waals surface area contributed by atoms with E-state index in [-0.39, 0.29) is 47.8 Å². The summed E-state index contributed by atoms with van der Waals surface area (Å²) in [6.45, 7) is 0.555. The first-order chi connectivity index (χ1) is 19.9. The van der Waals surface area contributed by atoms with Gasteiger partial charge in [-0.05, 0) is 66.4 Å². The molecule has 0 radical (unpaired) electrons. The lowest BCUT2D eigenvalue weighted by atomic mass is 10.1. The molecule has 0 saturated carbocycles. The summed E-state index contributed by atoms with van der Waals surface area (Å²) in [5.41, 5.74) is 10.00. The second-order valence-electron chi connectivity index (χ2n) is 10.3. The molecule has 4 amide bonds. The molecule has 41 heavy (non-hydrogen) atoms. The molecule has 0 fully saturated rings. The van der Waals surface area contributed by atoms with Gasteiger partial charge in [-0.2, -0.15) is 0 Å². The fourth-order valence-electron chi connectivity index (χ4n) is 4.62. The second-order valence-corrected chi connectivity index (χ2v) is 10.3. The predicted molar refractivity (Wildman–Crippen MR) is 160 cm³/mol. The number of anilines is 3. The van der Waals surface area contributed by atoms with E-state index >= 15 is 0 Å². The zero-order valence-electron chi connectivity index (χ0n) is 23.1. The first-order valence-corrected chi connectivity index (χ1v) is 14.1. The number of hydrogen-bond acceptors (Lipinski definition) is 5. The number of benzene rings is 3. The van der Waals surface area contributed by atoms with Crippen molar-refractivity contribution in [1.82, 2.24) is 10.6 Å². The van der Waals surface area contributed by atoms with Crippen LogP contribution < -0.4 is 27.0 Å². The van der Waals surface area contributed by atoms with Gasteiger partial charge in [0.15, 0.2) is 0 Å². The SMILES string of the molecule is Nc1cc2cc(c1)C(=O)NCc1ccc(cc1)NC(=O)CCCCCCCCC(=O)Nc1ccc(cc1)CNC2=O. The Labute approximate surface area is 240 Å². The molecule has 4 heterocycles. The van der Waals surface area contributed by atoms with Crippen LogP contribution in [0.1, 0.15) is 83.2 Å². The highest BCUT2D eigenvalue weighted by Gasteiger charge is 2.13. The fourth-order valence-corrected chi connectivity index (χ4v) is 4.62. The molecule has 0 aliphatic carbocycles. The van der Waals surface area contributed by atoms with Gasteiger partial charge in [-0.15, -0.1) is 0 Å². The van der Waals surface area contributed by atoms with E-state index < -0.39 is 0 Å². The number of nitrogens with two attached hydrogens (primary N) is 1. The highest BCUT2D eigenvalue weighted by Crippen LogP contribution is 2.16. The van der Waals surface area contributed by atoms with Crippen molar-refractivity contribution in [2.24, 2.45) is 0 Å². The highest BCUT2D eigenvalue weighted by atomic mass is 16.2. The average molecular weight is 556 g/mol. The van der Waals surface area contributed by atoms with Gasteiger partial charge in [0, 0.05) is 54.1 Å². The van der Waals surface area contributed by atoms with Gasteiger partial charge in [0.1, 0.15) is 0 Å². The smallest absolute Gasteiger partial charge is 0.251 e. The van der Waals surface area contributed by atoms with Gasteiger partial charge >= 0.3 is 0 Å². The first kappa shape index (κ1) is 29.3. The third-order valence-electron chi connectivity index (χ3n) is 6.92. The van der Waals surface area contributed by atoms with Crippen LogP contribution in [-0.4, -0.2) is 23.6 Å². The predicted octanol–water partition coefficient (Wildman–Crippen LogP) is 5.14. The van der Waals surface area contributed by atoms with Crippen LogP contribution in [0.3, 0.4) is 0 Å². The number of rotatable bonds is 0. The molecular weight excluding hydrogens is 518 g/mol. The van der Waals surface area contributed by atoms with Crippen LogP contribution in [-0.2, 0) is 22.7 Å². The number of nitrogen functional groups attached to an aromatic ring is 1. The van der Waals surface area contributed by atoms with Gasteiger partial charge in [0.05, 0.1) is 0 Å². The Morgan fingerprint density at radius 3 is 1.32 bits per heavy atom. The van der Waals surface area contributed by atoms with E-state index in [0.717, 1.165) is 49.7 Å². The van der Waals surface area contributed by atoms with Crippen LogP contribution in [0.2, 0.25) is 0 Å². The molecule has 6 N–H and O–H groups in total. The molecule has 3 aromatic carbocycles. The molecule has 0 aromatic heterocycles. The van der Waals surface area contributed by atoms with Gasteiger partial charge in [-0.1, -0.05) is 49.9 Å². The van der Waals surface area contributed by atoms with Crippen molar-refractivity contribution >= 4 is 40.7 Å². The largest absolute Gasteiger partial charge is 0.399 e. The maximum atomic E-state index is 12.8. The molecular formula is C32H37N5O4. The summed E-state index contributed by atoms with van der Waals surface area (Å²) in [5.74, 6) is -0.766. The fraction of sp³-hybridized carbons (Fsp3) is 0.312. The Bertz CT molecular complexity index is 1270. The number of hydrogen-bond donors (Lipinski definition) is 5. The molecule has 6 bridgehead atoms. The molecule has 9 nitrogen and oxygen atoms in total. The summed E-state index contributed by atoms with van der Waals surface area (Å²) >= 11 is 0. The van der Waals surface area contributed by atoms with Crippen molar-refractivity contribution in [3.05, 3.63) is 89.0 Å². The average Bonchev–Trinajstić information content (AvgIpc) is 2.96.